The van der Waals surface area contributed by atoms with Crippen molar-refractivity contribution in [1.29, 1.82) is 0 Å². The van der Waals surface area contributed by atoms with E-state index in [-0.39, 0.29) is 42.8 Å². The molecule has 1 saturated carbocycles. The lowest BCUT2D eigenvalue weighted by Gasteiger charge is -2.50. The molecule has 296 valence electrons. The Labute approximate surface area is 325 Å². The Bertz CT molecular complexity index is 1710. The Morgan fingerprint density at radius 2 is 1.55 bits per heavy atom. The fourth-order valence-electron chi connectivity index (χ4n) is 8.37. The lowest BCUT2D eigenvalue weighted by atomic mass is 9.75. The standard InChI is InChI=1S/C44H58N4O7/c1-44(2,3)47-40(50)38-23-22-32-12-8-9-13-37(32)48(38)27-35-25-39(33-18-16-31(28-49)17-19-33)55-42(54-35)34-20-14-30(15-21-34)26-45-43(52)46-36(41(51)53-4)24-29-10-6-5-7-11-29/h5-7,10-11,14-21,32,35-39,42,49H,8-9,12-13,22-28H2,1-4H3,(H,47,50)(H2,45,46,52)/t32-,35+,36+,37-,38-,39-,42-/m1/s1. The molecule has 3 aliphatic rings. The average molecular weight is 755 g/mol. The number of carbonyl (C=O) groups is 3. The first-order chi connectivity index (χ1) is 26.5. The van der Waals surface area contributed by atoms with Crippen molar-refractivity contribution in [2.24, 2.45) is 5.92 Å². The number of nitrogens with one attached hydrogen (secondary N) is 3. The number of methoxy groups -OCH3 is 1. The third kappa shape index (κ3) is 10.9. The van der Waals surface area contributed by atoms with Crippen LogP contribution >= 0.6 is 0 Å². The zero-order valence-corrected chi connectivity index (χ0v) is 32.7. The molecule has 11 heteroatoms. The van der Waals surface area contributed by atoms with Crippen LogP contribution in [0.1, 0.15) is 106 Å². The topological polar surface area (TPSA) is 138 Å². The van der Waals surface area contributed by atoms with Gasteiger partial charge in [-0.2, -0.15) is 0 Å². The molecule has 6 rings (SSSR count). The van der Waals surface area contributed by atoms with Crippen molar-refractivity contribution >= 4 is 17.9 Å². The summed E-state index contributed by atoms with van der Waals surface area (Å²) in [5.74, 6) is 0.161. The zero-order valence-electron chi connectivity index (χ0n) is 32.7. The lowest BCUT2D eigenvalue weighted by molar-refractivity contribution is -0.255. The number of aliphatic hydroxyl groups excluding tert-OH is 1. The lowest BCUT2D eigenvalue weighted by Crippen LogP contribution is -2.61. The van der Waals surface area contributed by atoms with Crippen LogP contribution < -0.4 is 16.0 Å². The summed E-state index contributed by atoms with van der Waals surface area (Å²) in [6.07, 6.45) is 6.45. The highest BCUT2D eigenvalue weighted by Gasteiger charge is 2.44. The van der Waals surface area contributed by atoms with Gasteiger partial charge >= 0.3 is 12.0 Å². The highest BCUT2D eigenvalue weighted by Crippen LogP contribution is 2.42. The summed E-state index contributed by atoms with van der Waals surface area (Å²) >= 11 is 0. The minimum atomic E-state index is -0.826. The molecule has 3 aromatic rings. The van der Waals surface area contributed by atoms with Crippen molar-refractivity contribution in [1.82, 2.24) is 20.9 Å². The molecule has 3 fully saturated rings. The second-order valence-electron chi connectivity index (χ2n) is 16.3. The first kappa shape index (κ1) is 40.4. The molecular formula is C44H58N4O7. The predicted octanol–water partition coefficient (Wildman–Crippen LogP) is 6.25. The molecule has 55 heavy (non-hydrogen) atoms. The van der Waals surface area contributed by atoms with Gasteiger partial charge in [-0.25, -0.2) is 9.59 Å². The Hall–Kier alpha value is -4.29. The van der Waals surface area contributed by atoms with E-state index in [9.17, 15) is 19.5 Å². The maximum atomic E-state index is 13.8. The van der Waals surface area contributed by atoms with Gasteiger partial charge in [0.15, 0.2) is 6.29 Å². The first-order valence-electron chi connectivity index (χ1n) is 19.8. The van der Waals surface area contributed by atoms with Crippen molar-refractivity contribution in [2.75, 3.05) is 13.7 Å². The number of rotatable bonds is 12. The van der Waals surface area contributed by atoms with Gasteiger partial charge in [0.25, 0.3) is 0 Å². The van der Waals surface area contributed by atoms with Crippen LogP contribution in [0, 0.1) is 5.92 Å². The summed E-state index contributed by atoms with van der Waals surface area (Å²) in [6.45, 7) is 6.94. The molecule has 0 bridgehead atoms. The predicted molar refractivity (Wildman–Crippen MR) is 210 cm³/mol. The van der Waals surface area contributed by atoms with Crippen LogP contribution in [-0.2, 0) is 43.4 Å². The van der Waals surface area contributed by atoms with E-state index in [1.165, 1.54) is 26.4 Å². The van der Waals surface area contributed by atoms with Gasteiger partial charge in [0.05, 0.1) is 32.0 Å². The summed E-state index contributed by atoms with van der Waals surface area (Å²) in [4.78, 5) is 41.5. The van der Waals surface area contributed by atoms with Crippen LogP contribution in [0.5, 0.6) is 0 Å². The second-order valence-corrected chi connectivity index (χ2v) is 16.3. The number of aliphatic hydroxyl groups is 1. The van der Waals surface area contributed by atoms with Crippen LogP contribution in [0.2, 0.25) is 0 Å². The summed E-state index contributed by atoms with van der Waals surface area (Å²) in [5, 5.41) is 18.5. The van der Waals surface area contributed by atoms with Gasteiger partial charge in [0.2, 0.25) is 5.91 Å². The van der Waals surface area contributed by atoms with Crippen LogP contribution in [0.25, 0.3) is 0 Å². The number of esters is 1. The maximum absolute atomic E-state index is 13.8. The van der Waals surface area contributed by atoms with E-state index >= 15 is 0 Å². The monoisotopic (exact) mass is 754 g/mol. The van der Waals surface area contributed by atoms with Crippen LogP contribution in [-0.4, -0.2) is 71.3 Å². The number of hydrogen-bond donors (Lipinski definition) is 4. The number of likely N-dealkylation sites (tertiary alicyclic amines) is 1. The Morgan fingerprint density at radius 3 is 2.24 bits per heavy atom. The molecule has 0 spiro atoms. The number of benzene rings is 3. The van der Waals surface area contributed by atoms with Gasteiger partial charge in [-0.1, -0.05) is 91.7 Å². The molecule has 0 aromatic heterocycles. The molecule has 2 saturated heterocycles. The molecule has 7 atom stereocenters. The minimum Gasteiger partial charge on any atom is -0.467 e. The molecule has 2 aliphatic heterocycles. The molecule has 2 heterocycles. The van der Waals surface area contributed by atoms with Crippen LogP contribution in [0.15, 0.2) is 78.9 Å². The number of fused-ring (bicyclic) bond motifs is 1. The largest absolute Gasteiger partial charge is 0.467 e. The number of piperidine rings is 1. The highest BCUT2D eigenvalue weighted by molar-refractivity contribution is 5.84. The number of ether oxygens (including phenoxy) is 3. The number of hydrogen-bond acceptors (Lipinski definition) is 8. The number of carbonyl (C=O) groups excluding carboxylic acids is 3. The fourth-order valence-corrected chi connectivity index (χ4v) is 8.37. The van der Waals surface area contributed by atoms with Crippen LogP contribution in [0.4, 0.5) is 4.79 Å². The minimum absolute atomic E-state index is 0.0297. The van der Waals surface area contributed by atoms with Crippen molar-refractivity contribution in [3.63, 3.8) is 0 Å². The summed E-state index contributed by atoms with van der Waals surface area (Å²) in [5.41, 5.74) is 4.15. The van der Waals surface area contributed by atoms with Gasteiger partial charge in [0.1, 0.15) is 6.04 Å². The third-order valence-electron chi connectivity index (χ3n) is 11.1. The summed E-state index contributed by atoms with van der Waals surface area (Å²) in [7, 11) is 1.31. The molecule has 3 amide bonds. The fraction of sp³-hybridized carbons (Fsp3) is 0.523. The van der Waals surface area contributed by atoms with Gasteiger partial charge in [0, 0.05) is 43.1 Å². The first-order valence-corrected chi connectivity index (χ1v) is 19.8. The van der Waals surface area contributed by atoms with E-state index in [4.69, 9.17) is 14.2 Å². The van der Waals surface area contributed by atoms with Gasteiger partial charge in [-0.05, 0) is 74.6 Å². The zero-order chi connectivity index (χ0) is 39.0. The maximum Gasteiger partial charge on any atom is 0.328 e. The van der Waals surface area contributed by atoms with E-state index < -0.39 is 24.3 Å². The Kier molecular flexibility index (Phi) is 13.6. The van der Waals surface area contributed by atoms with Gasteiger partial charge in [-0.3, -0.25) is 9.69 Å². The molecule has 11 nitrogen and oxygen atoms in total. The van der Waals surface area contributed by atoms with Crippen molar-refractivity contribution in [2.45, 2.75) is 127 Å². The van der Waals surface area contributed by atoms with E-state index in [2.05, 4.69) is 20.9 Å². The molecule has 0 radical (unpaired) electrons. The quantitative estimate of drug-likeness (QED) is 0.160. The highest BCUT2D eigenvalue weighted by atomic mass is 16.7. The Morgan fingerprint density at radius 1 is 0.855 bits per heavy atom. The Balaban J connectivity index is 1.16. The molecular weight excluding hydrogens is 697 g/mol. The molecule has 3 aromatic carbocycles. The summed E-state index contributed by atoms with van der Waals surface area (Å²) < 4.78 is 18.4. The number of amides is 3. The smallest absolute Gasteiger partial charge is 0.328 e. The SMILES string of the molecule is COC(=O)[C@H](Cc1ccccc1)NC(=O)NCc1ccc([C@@H]2O[C@H](CN3[C@@H](C(=O)NC(C)(C)C)CC[C@H]4CCCC[C@H]43)C[C@H](c3ccc(CO)cc3)O2)cc1. The van der Waals surface area contributed by atoms with Crippen molar-refractivity contribution in [3.05, 3.63) is 107 Å². The normalized spacial score (nSPS) is 24.9. The van der Waals surface area contributed by atoms with Crippen LogP contribution in [0.3, 0.4) is 0 Å². The molecule has 1 aliphatic carbocycles. The number of nitrogens with zero attached hydrogens (tertiary/aromatic N) is 1. The summed E-state index contributed by atoms with van der Waals surface area (Å²) in [6, 6.07) is 24.0. The third-order valence-corrected chi connectivity index (χ3v) is 11.1. The van der Waals surface area contributed by atoms with E-state index in [0.29, 0.717) is 31.3 Å². The van der Waals surface area contributed by atoms with E-state index in [1.807, 2.05) is 99.6 Å². The van der Waals surface area contributed by atoms with Gasteiger partial charge < -0.3 is 35.3 Å². The van der Waals surface area contributed by atoms with Crippen molar-refractivity contribution in [3.8, 4) is 0 Å². The van der Waals surface area contributed by atoms with E-state index in [0.717, 1.165) is 47.1 Å². The molecule has 0 unspecified atom stereocenters. The van der Waals surface area contributed by atoms with E-state index in [1.54, 1.807) is 0 Å². The second kappa shape index (κ2) is 18.6. The molecule has 4 N–H and O–H groups in total. The van der Waals surface area contributed by atoms with Crippen molar-refractivity contribution < 1.29 is 33.7 Å². The van der Waals surface area contributed by atoms with Gasteiger partial charge in [-0.15, -0.1) is 0 Å². The number of urea groups is 1. The average Bonchev–Trinajstić information content (AvgIpc) is 3.19.